The van der Waals surface area contributed by atoms with E-state index in [2.05, 4.69) is 16.1 Å². The molecule has 0 heterocycles. The van der Waals surface area contributed by atoms with E-state index in [0.29, 0.717) is 23.4 Å². The van der Waals surface area contributed by atoms with Crippen LogP contribution in [0, 0.1) is 20.8 Å². The summed E-state index contributed by atoms with van der Waals surface area (Å²) in [5.74, 6) is -0.255. The van der Waals surface area contributed by atoms with Crippen molar-refractivity contribution in [2.24, 2.45) is 0 Å². The number of hydrogen-bond donors (Lipinski definition) is 2. The SMILES string of the molecule is Cc1ccc(C(=O)NCCC2=CCCCC2)cc1S(=O)(=O)Nc1cccc(C)c1C. The highest BCUT2D eigenvalue weighted by Gasteiger charge is 2.20. The van der Waals surface area contributed by atoms with Gasteiger partial charge in [0.1, 0.15) is 0 Å². The van der Waals surface area contributed by atoms with Crippen LogP contribution in [0.4, 0.5) is 5.69 Å². The maximum Gasteiger partial charge on any atom is 0.262 e. The number of anilines is 1. The Morgan fingerprint density at radius 3 is 2.57 bits per heavy atom. The van der Waals surface area contributed by atoms with Crippen molar-refractivity contribution in [2.45, 2.75) is 57.8 Å². The maximum absolute atomic E-state index is 13.0. The van der Waals surface area contributed by atoms with Gasteiger partial charge in [-0.25, -0.2) is 8.42 Å². The first-order chi connectivity index (χ1) is 14.3. The van der Waals surface area contributed by atoms with Gasteiger partial charge >= 0.3 is 0 Å². The lowest BCUT2D eigenvalue weighted by Crippen LogP contribution is -2.25. The van der Waals surface area contributed by atoms with Crippen molar-refractivity contribution >= 4 is 21.6 Å². The number of allylic oxidation sites excluding steroid dienone is 1. The Hall–Kier alpha value is -2.60. The fraction of sp³-hybridized carbons (Fsp3) is 0.375. The van der Waals surface area contributed by atoms with Crippen molar-refractivity contribution < 1.29 is 13.2 Å². The first kappa shape index (κ1) is 22.1. The van der Waals surface area contributed by atoms with Gasteiger partial charge in [0.2, 0.25) is 0 Å². The molecular formula is C24H30N2O3S. The van der Waals surface area contributed by atoms with Crippen LogP contribution in [-0.4, -0.2) is 20.9 Å². The second-order valence-electron chi connectivity index (χ2n) is 7.95. The lowest BCUT2D eigenvalue weighted by Gasteiger charge is -2.15. The van der Waals surface area contributed by atoms with Crippen LogP contribution in [0.5, 0.6) is 0 Å². The summed E-state index contributed by atoms with van der Waals surface area (Å²) in [5.41, 5.74) is 4.77. The van der Waals surface area contributed by atoms with Crippen LogP contribution >= 0.6 is 0 Å². The number of benzene rings is 2. The molecule has 6 heteroatoms. The van der Waals surface area contributed by atoms with Crippen molar-refractivity contribution in [3.8, 4) is 0 Å². The molecule has 0 bridgehead atoms. The summed E-state index contributed by atoms with van der Waals surface area (Å²) in [6, 6.07) is 10.3. The minimum Gasteiger partial charge on any atom is -0.352 e. The molecule has 30 heavy (non-hydrogen) atoms. The zero-order valence-electron chi connectivity index (χ0n) is 17.9. The van der Waals surface area contributed by atoms with Crippen molar-refractivity contribution in [2.75, 3.05) is 11.3 Å². The molecule has 1 amide bonds. The van der Waals surface area contributed by atoms with E-state index in [-0.39, 0.29) is 10.8 Å². The lowest BCUT2D eigenvalue weighted by molar-refractivity contribution is 0.0954. The Morgan fingerprint density at radius 2 is 1.83 bits per heavy atom. The molecule has 2 N–H and O–H groups in total. The Morgan fingerprint density at radius 1 is 1.03 bits per heavy atom. The topological polar surface area (TPSA) is 75.3 Å². The van der Waals surface area contributed by atoms with E-state index in [1.165, 1.54) is 24.5 Å². The number of sulfonamides is 1. The fourth-order valence-corrected chi connectivity index (χ4v) is 5.06. The Bertz CT molecular complexity index is 1070. The molecule has 0 aromatic heterocycles. The molecule has 0 aliphatic heterocycles. The van der Waals surface area contributed by atoms with Gasteiger partial charge < -0.3 is 5.32 Å². The van der Waals surface area contributed by atoms with Gasteiger partial charge in [-0.1, -0.05) is 29.8 Å². The van der Waals surface area contributed by atoms with E-state index in [0.717, 1.165) is 30.4 Å². The normalized spacial score (nSPS) is 14.2. The minimum absolute atomic E-state index is 0.117. The molecule has 0 saturated heterocycles. The third-order valence-electron chi connectivity index (χ3n) is 5.71. The zero-order chi connectivity index (χ0) is 21.7. The zero-order valence-corrected chi connectivity index (χ0v) is 18.7. The molecule has 0 atom stereocenters. The smallest absolute Gasteiger partial charge is 0.262 e. The van der Waals surface area contributed by atoms with Crippen molar-refractivity contribution in [3.63, 3.8) is 0 Å². The first-order valence-electron chi connectivity index (χ1n) is 10.4. The van der Waals surface area contributed by atoms with E-state index in [4.69, 9.17) is 0 Å². The predicted molar refractivity (Wildman–Crippen MR) is 121 cm³/mol. The van der Waals surface area contributed by atoms with Gasteiger partial charge in [-0.2, -0.15) is 0 Å². The van der Waals surface area contributed by atoms with E-state index in [1.54, 1.807) is 25.1 Å². The van der Waals surface area contributed by atoms with Crippen LogP contribution in [0.3, 0.4) is 0 Å². The van der Waals surface area contributed by atoms with Crippen molar-refractivity contribution in [1.82, 2.24) is 5.32 Å². The first-order valence-corrected chi connectivity index (χ1v) is 11.9. The van der Waals surface area contributed by atoms with E-state index >= 15 is 0 Å². The highest BCUT2D eigenvalue weighted by Crippen LogP contribution is 2.24. The van der Waals surface area contributed by atoms with Crippen molar-refractivity contribution in [1.29, 1.82) is 0 Å². The molecule has 0 saturated carbocycles. The van der Waals surface area contributed by atoms with Gasteiger partial charge in [0.05, 0.1) is 10.6 Å². The molecule has 1 aliphatic rings. The molecule has 3 rings (SSSR count). The Balaban J connectivity index is 1.74. The third kappa shape index (κ3) is 5.30. The van der Waals surface area contributed by atoms with Crippen LogP contribution in [0.1, 0.15) is 59.2 Å². The van der Waals surface area contributed by atoms with Crippen LogP contribution < -0.4 is 10.0 Å². The summed E-state index contributed by atoms with van der Waals surface area (Å²) in [6.45, 7) is 6.11. The van der Waals surface area contributed by atoms with Gasteiger partial charge in [0, 0.05) is 12.1 Å². The number of carbonyl (C=O) groups is 1. The molecule has 0 fully saturated rings. The standard InChI is InChI=1S/C24H30N2O3S/c1-17-8-7-11-22(19(17)3)26-30(28,29)23-16-21(13-12-18(23)2)24(27)25-15-14-20-9-5-4-6-10-20/h7-9,11-13,16,26H,4-6,10,14-15H2,1-3H3,(H,25,27). The number of carbonyl (C=O) groups excluding carboxylic acids is 1. The number of rotatable bonds is 7. The van der Waals surface area contributed by atoms with Gasteiger partial charge in [0.25, 0.3) is 15.9 Å². The monoisotopic (exact) mass is 426 g/mol. The molecule has 0 spiro atoms. The van der Waals surface area contributed by atoms with Crippen LogP contribution in [0.2, 0.25) is 0 Å². The van der Waals surface area contributed by atoms with E-state index < -0.39 is 10.0 Å². The van der Waals surface area contributed by atoms with Gasteiger partial charge in [-0.05, 0) is 87.8 Å². The summed E-state index contributed by atoms with van der Waals surface area (Å²) >= 11 is 0. The minimum atomic E-state index is -3.82. The lowest BCUT2D eigenvalue weighted by atomic mass is 9.97. The quantitative estimate of drug-likeness (QED) is 0.610. The van der Waals surface area contributed by atoms with Crippen LogP contribution in [0.15, 0.2) is 52.9 Å². The molecule has 160 valence electrons. The number of hydrogen-bond acceptors (Lipinski definition) is 3. The Labute approximate surface area is 179 Å². The summed E-state index contributed by atoms with van der Waals surface area (Å²) in [6.07, 6.45) is 7.80. The molecule has 1 aliphatic carbocycles. The highest BCUT2D eigenvalue weighted by molar-refractivity contribution is 7.92. The highest BCUT2D eigenvalue weighted by atomic mass is 32.2. The summed E-state index contributed by atoms with van der Waals surface area (Å²) < 4.78 is 28.7. The largest absolute Gasteiger partial charge is 0.352 e. The molecular weight excluding hydrogens is 396 g/mol. The second kappa shape index (κ2) is 9.47. The third-order valence-corrected chi connectivity index (χ3v) is 7.21. The maximum atomic E-state index is 13.0. The van der Waals surface area contributed by atoms with E-state index in [1.807, 2.05) is 26.0 Å². The number of nitrogens with one attached hydrogen (secondary N) is 2. The van der Waals surface area contributed by atoms with Crippen LogP contribution in [0.25, 0.3) is 0 Å². The molecule has 5 nitrogen and oxygen atoms in total. The number of amides is 1. The second-order valence-corrected chi connectivity index (χ2v) is 9.60. The summed E-state index contributed by atoms with van der Waals surface area (Å²) in [7, 11) is -3.82. The predicted octanol–water partition coefficient (Wildman–Crippen LogP) is 5.03. The number of aryl methyl sites for hydroxylation is 2. The summed E-state index contributed by atoms with van der Waals surface area (Å²) in [5, 5.41) is 2.92. The molecule has 2 aromatic rings. The fourth-order valence-electron chi connectivity index (χ4n) is 3.66. The van der Waals surface area contributed by atoms with Crippen molar-refractivity contribution in [3.05, 3.63) is 70.3 Å². The Kier molecular flexibility index (Phi) is 6.98. The molecule has 0 unspecified atom stereocenters. The van der Waals surface area contributed by atoms with Gasteiger partial charge in [-0.15, -0.1) is 0 Å². The van der Waals surface area contributed by atoms with Gasteiger partial charge in [-0.3, -0.25) is 9.52 Å². The van der Waals surface area contributed by atoms with E-state index in [9.17, 15) is 13.2 Å². The molecule has 2 aromatic carbocycles. The molecule has 0 radical (unpaired) electrons. The van der Waals surface area contributed by atoms with Crippen LogP contribution in [-0.2, 0) is 10.0 Å². The van der Waals surface area contributed by atoms with Gasteiger partial charge in [0.15, 0.2) is 0 Å². The average molecular weight is 427 g/mol. The summed E-state index contributed by atoms with van der Waals surface area (Å²) in [4.78, 5) is 12.7. The average Bonchev–Trinajstić information content (AvgIpc) is 2.72.